The summed E-state index contributed by atoms with van der Waals surface area (Å²) >= 11 is 0. The van der Waals surface area contributed by atoms with Crippen molar-refractivity contribution in [1.82, 2.24) is 20.0 Å². The topological polar surface area (TPSA) is 87.2 Å². The Kier molecular flexibility index (Phi) is 6.45. The molecule has 1 aliphatic rings. The Labute approximate surface area is 158 Å². The van der Waals surface area contributed by atoms with E-state index >= 15 is 0 Å². The number of rotatable bonds is 7. The SMILES string of the molecule is CC1CCN(CCCNC(=O)CCn2[nH]c(=O)c3ccccc3c2=O)CC1. The summed E-state index contributed by atoms with van der Waals surface area (Å²) in [7, 11) is 0. The van der Waals surface area contributed by atoms with Gasteiger partial charge in [0.15, 0.2) is 0 Å². The van der Waals surface area contributed by atoms with Gasteiger partial charge in [0.25, 0.3) is 11.1 Å². The third kappa shape index (κ3) is 5.07. The zero-order valence-corrected chi connectivity index (χ0v) is 15.9. The Balaban J connectivity index is 1.44. The number of hydrogen-bond acceptors (Lipinski definition) is 4. The van der Waals surface area contributed by atoms with Crippen molar-refractivity contribution in [2.45, 2.75) is 39.2 Å². The molecule has 0 bridgehead atoms. The maximum absolute atomic E-state index is 12.4. The number of nitrogens with zero attached hydrogens (tertiary/aromatic N) is 2. The normalized spacial score (nSPS) is 15.9. The van der Waals surface area contributed by atoms with Crippen molar-refractivity contribution in [1.29, 1.82) is 0 Å². The van der Waals surface area contributed by atoms with Crippen LogP contribution in [0.1, 0.15) is 32.6 Å². The number of carbonyl (C=O) groups is 1. The number of amides is 1. The molecule has 1 aromatic heterocycles. The van der Waals surface area contributed by atoms with Crippen molar-refractivity contribution in [3.8, 4) is 0 Å². The average Bonchev–Trinajstić information content (AvgIpc) is 2.68. The largest absolute Gasteiger partial charge is 0.356 e. The second kappa shape index (κ2) is 8.99. The number of H-pyrrole nitrogens is 1. The predicted molar refractivity (Wildman–Crippen MR) is 106 cm³/mol. The fourth-order valence-electron chi connectivity index (χ4n) is 3.52. The molecule has 2 heterocycles. The summed E-state index contributed by atoms with van der Waals surface area (Å²) in [4.78, 5) is 39.0. The quantitative estimate of drug-likeness (QED) is 0.718. The maximum Gasteiger partial charge on any atom is 0.273 e. The Hall–Kier alpha value is -2.41. The maximum atomic E-state index is 12.4. The van der Waals surface area contributed by atoms with Crippen molar-refractivity contribution in [3.05, 3.63) is 45.0 Å². The first-order chi connectivity index (χ1) is 13.0. The molecule has 0 radical (unpaired) electrons. The first-order valence-corrected chi connectivity index (χ1v) is 9.75. The van der Waals surface area contributed by atoms with E-state index < -0.39 is 0 Å². The first-order valence-electron chi connectivity index (χ1n) is 9.75. The van der Waals surface area contributed by atoms with Crippen LogP contribution in [0, 0.1) is 5.92 Å². The van der Waals surface area contributed by atoms with Gasteiger partial charge in [0.1, 0.15) is 0 Å². The van der Waals surface area contributed by atoms with E-state index in [0.717, 1.165) is 32.0 Å². The van der Waals surface area contributed by atoms with Gasteiger partial charge in [-0.05, 0) is 56.9 Å². The van der Waals surface area contributed by atoms with Gasteiger partial charge in [-0.2, -0.15) is 0 Å². The number of benzene rings is 1. The van der Waals surface area contributed by atoms with Gasteiger partial charge in [0, 0.05) is 13.0 Å². The summed E-state index contributed by atoms with van der Waals surface area (Å²) in [6, 6.07) is 6.70. The highest BCUT2D eigenvalue weighted by atomic mass is 16.2. The number of likely N-dealkylation sites (tertiary alicyclic amines) is 1. The van der Waals surface area contributed by atoms with E-state index in [0.29, 0.717) is 17.3 Å². The molecule has 146 valence electrons. The Morgan fingerprint density at radius 1 is 1.15 bits per heavy atom. The lowest BCUT2D eigenvalue weighted by Gasteiger charge is -2.30. The zero-order valence-electron chi connectivity index (χ0n) is 15.9. The van der Waals surface area contributed by atoms with Crippen LogP contribution in [0.25, 0.3) is 10.8 Å². The minimum Gasteiger partial charge on any atom is -0.356 e. The van der Waals surface area contributed by atoms with Gasteiger partial charge in [-0.25, -0.2) is 4.68 Å². The number of fused-ring (bicyclic) bond motifs is 1. The average molecular weight is 372 g/mol. The summed E-state index contributed by atoms with van der Waals surface area (Å²) < 4.78 is 1.22. The Morgan fingerprint density at radius 2 is 1.85 bits per heavy atom. The first kappa shape index (κ1) is 19.4. The molecule has 1 amide bonds. The molecule has 0 saturated carbocycles. The molecule has 0 spiro atoms. The van der Waals surface area contributed by atoms with Crippen LogP contribution < -0.4 is 16.4 Å². The highest BCUT2D eigenvalue weighted by Gasteiger charge is 2.15. The smallest absolute Gasteiger partial charge is 0.273 e. The molecular formula is C20H28N4O3. The van der Waals surface area contributed by atoms with Crippen molar-refractivity contribution in [2.75, 3.05) is 26.2 Å². The molecule has 2 aromatic rings. The van der Waals surface area contributed by atoms with E-state index in [1.165, 1.54) is 17.5 Å². The molecular weight excluding hydrogens is 344 g/mol. The molecule has 1 saturated heterocycles. The van der Waals surface area contributed by atoms with Crippen molar-refractivity contribution >= 4 is 16.7 Å². The molecule has 1 fully saturated rings. The third-order valence-electron chi connectivity index (χ3n) is 5.30. The summed E-state index contributed by atoms with van der Waals surface area (Å²) in [5, 5.41) is 6.19. The summed E-state index contributed by atoms with van der Waals surface area (Å²) in [5.41, 5.74) is -0.598. The number of hydrogen-bond donors (Lipinski definition) is 2. The van der Waals surface area contributed by atoms with Crippen LogP contribution >= 0.6 is 0 Å². The molecule has 3 rings (SSSR count). The minimum atomic E-state index is -0.318. The van der Waals surface area contributed by atoms with E-state index in [1.54, 1.807) is 24.3 Å². The summed E-state index contributed by atoms with van der Waals surface area (Å²) in [6.07, 6.45) is 3.60. The molecule has 7 nitrogen and oxygen atoms in total. The van der Waals surface area contributed by atoms with Gasteiger partial charge >= 0.3 is 0 Å². The molecule has 7 heteroatoms. The lowest BCUT2D eigenvalue weighted by Crippen LogP contribution is -2.36. The van der Waals surface area contributed by atoms with Crippen molar-refractivity contribution in [3.63, 3.8) is 0 Å². The third-order valence-corrected chi connectivity index (χ3v) is 5.30. The number of nitrogens with one attached hydrogen (secondary N) is 2. The number of aryl methyl sites for hydroxylation is 1. The van der Waals surface area contributed by atoms with Gasteiger partial charge in [-0.15, -0.1) is 0 Å². The summed E-state index contributed by atoms with van der Waals surface area (Å²) in [6.45, 7) is 6.39. The summed E-state index contributed by atoms with van der Waals surface area (Å²) in [5.74, 6) is 0.717. The molecule has 0 aliphatic carbocycles. The van der Waals surface area contributed by atoms with Gasteiger partial charge in [0.2, 0.25) is 5.91 Å². The number of aromatic amines is 1. The van der Waals surface area contributed by atoms with Crippen LogP contribution in [-0.4, -0.2) is 46.8 Å². The standard InChI is InChI=1S/C20H28N4O3/c1-15-7-12-23(13-8-15)11-4-10-21-18(25)9-14-24-20(27)17-6-3-2-5-16(17)19(26)22-24/h2-3,5-6,15H,4,7-14H2,1H3,(H,21,25)(H,22,26). The van der Waals surface area contributed by atoms with Gasteiger partial charge in [-0.3, -0.25) is 19.5 Å². The van der Waals surface area contributed by atoms with Crippen LogP contribution in [-0.2, 0) is 11.3 Å². The van der Waals surface area contributed by atoms with Crippen LogP contribution in [0.3, 0.4) is 0 Å². The van der Waals surface area contributed by atoms with Gasteiger partial charge in [-0.1, -0.05) is 19.1 Å². The lowest BCUT2D eigenvalue weighted by atomic mass is 9.99. The zero-order chi connectivity index (χ0) is 19.2. The minimum absolute atomic E-state index is 0.108. The van der Waals surface area contributed by atoms with E-state index in [2.05, 4.69) is 22.2 Å². The lowest BCUT2D eigenvalue weighted by molar-refractivity contribution is -0.121. The molecule has 2 N–H and O–H groups in total. The van der Waals surface area contributed by atoms with Crippen molar-refractivity contribution < 1.29 is 4.79 Å². The monoisotopic (exact) mass is 372 g/mol. The van der Waals surface area contributed by atoms with Crippen LogP contribution in [0.2, 0.25) is 0 Å². The Bertz CT molecular complexity index is 894. The Morgan fingerprint density at radius 3 is 2.59 bits per heavy atom. The van der Waals surface area contributed by atoms with Crippen LogP contribution in [0.15, 0.2) is 33.9 Å². The number of carbonyl (C=O) groups excluding carboxylic acids is 1. The number of piperidine rings is 1. The molecule has 0 atom stereocenters. The second-order valence-electron chi connectivity index (χ2n) is 7.42. The van der Waals surface area contributed by atoms with Gasteiger partial charge in [0.05, 0.1) is 17.3 Å². The molecule has 0 unspecified atom stereocenters. The fourth-order valence-corrected chi connectivity index (χ4v) is 3.52. The predicted octanol–water partition coefficient (Wildman–Crippen LogP) is 1.32. The van der Waals surface area contributed by atoms with Gasteiger partial charge < -0.3 is 10.2 Å². The van der Waals surface area contributed by atoms with Crippen molar-refractivity contribution in [2.24, 2.45) is 5.92 Å². The highest BCUT2D eigenvalue weighted by molar-refractivity contribution is 5.80. The highest BCUT2D eigenvalue weighted by Crippen LogP contribution is 2.15. The van der Waals surface area contributed by atoms with E-state index in [-0.39, 0.29) is 30.0 Å². The molecule has 27 heavy (non-hydrogen) atoms. The van der Waals surface area contributed by atoms with Crippen LogP contribution in [0.4, 0.5) is 0 Å². The van der Waals surface area contributed by atoms with E-state index in [4.69, 9.17) is 0 Å². The molecule has 1 aliphatic heterocycles. The fraction of sp³-hybridized carbons (Fsp3) is 0.550. The van der Waals surface area contributed by atoms with Crippen LogP contribution in [0.5, 0.6) is 0 Å². The second-order valence-corrected chi connectivity index (χ2v) is 7.42. The number of aromatic nitrogens is 2. The van der Waals surface area contributed by atoms with E-state index in [1.807, 2.05) is 0 Å². The van der Waals surface area contributed by atoms with E-state index in [9.17, 15) is 14.4 Å². The molecule has 1 aromatic carbocycles.